The fraction of sp³-hybridized carbons (Fsp3) is 0.154. The van der Waals surface area contributed by atoms with Crippen LogP contribution in [0.1, 0.15) is 12.0 Å². The topological polar surface area (TPSA) is 141 Å². The Kier molecular flexibility index (Phi) is 4.40. The Balaban J connectivity index is 1.99. The molecule has 2 aromatic rings. The summed E-state index contributed by atoms with van der Waals surface area (Å²) in [6.45, 7) is 0. The monoisotopic (exact) mass is 304 g/mol. The van der Waals surface area contributed by atoms with Crippen molar-refractivity contribution >= 4 is 11.7 Å². The van der Waals surface area contributed by atoms with Gasteiger partial charge in [-0.25, -0.2) is 4.79 Å². The summed E-state index contributed by atoms with van der Waals surface area (Å²) in [5, 5.41) is 31.5. The molecule has 0 atom stereocenters. The predicted octanol–water partition coefficient (Wildman–Crippen LogP) is 2.13. The lowest BCUT2D eigenvalue weighted by Crippen LogP contribution is -2.19. The first-order valence-electron chi connectivity index (χ1n) is 6.19. The van der Waals surface area contributed by atoms with Crippen molar-refractivity contribution in [2.24, 2.45) is 5.11 Å². The zero-order valence-corrected chi connectivity index (χ0v) is 11.2. The highest BCUT2D eigenvalue weighted by atomic mass is 16.7. The van der Waals surface area contributed by atoms with Gasteiger partial charge in [0, 0.05) is 17.0 Å². The molecule has 0 saturated heterocycles. The zero-order valence-electron chi connectivity index (χ0n) is 11.2. The van der Waals surface area contributed by atoms with E-state index in [4.69, 9.17) is 10.4 Å². The molecule has 2 rings (SSSR count). The second-order valence-corrected chi connectivity index (χ2v) is 4.32. The molecule has 0 aliphatic carbocycles. The molecule has 0 fully saturated rings. The molecule has 0 spiro atoms. The molecule has 1 aromatic heterocycles. The van der Waals surface area contributed by atoms with Crippen molar-refractivity contribution in [1.82, 2.24) is 4.73 Å². The molecule has 0 aliphatic rings. The smallest absolute Gasteiger partial charge is 0.333 e. The number of aryl methyl sites for hydroxylation is 1. The quantitative estimate of drug-likeness (QED) is 0.441. The van der Waals surface area contributed by atoms with Crippen LogP contribution in [0.4, 0.5) is 5.69 Å². The van der Waals surface area contributed by atoms with Gasteiger partial charge in [-0.15, -0.1) is 4.73 Å². The van der Waals surface area contributed by atoms with E-state index in [2.05, 4.69) is 10.0 Å². The van der Waals surface area contributed by atoms with Gasteiger partial charge in [0.2, 0.25) is 11.8 Å². The minimum Gasteiger partial charge on any atom is -0.507 e. The van der Waals surface area contributed by atoms with E-state index in [-0.39, 0.29) is 24.3 Å². The molecule has 0 aliphatic heterocycles. The van der Waals surface area contributed by atoms with Gasteiger partial charge in [-0.2, -0.15) is 0 Å². The highest BCUT2D eigenvalue weighted by Crippen LogP contribution is 2.27. The minimum atomic E-state index is -0.680. The number of nitrogens with zero attached hydrogens (tertiary/aromatic N) is 4. The second-order valence-electron chi connectivity index (χ2n) is 4.32. The lowest BCUT2D eigenvalue weighted by molar-refractivity contribution is -0.145. The molecule has 1 aromatic carbocycles. The van der Waals surface area contributed by atoms with Crippen LogP contribution in [-0.4, -0.2) is 26.0 Å². The van der Waals surface area contributed by atoms with E-state index in [0.717, 1.165) is 0 Å². The molecule has 1 heterocycles. The van der Waals surface area contributed by atoms with Gasteiger partial charge in [-0.1, -0.05) is 11.2 Å². The number of carbonyl (C=O) groups excluding carboxylic acids is 1. The van der Waals surface area contributed by atoms with Crippen LogP contribution in [-0.2, 0) is 11.2 Å². The van der Waals surface area contributed by atoms with Crippen LogP contribution in [0.3, 0.4) is 0 Å². The largest absolute Gasteiger partial charge is 0.507 e. The van der Waals surface area contributed by atoms with Crippen LogP contribution in [0.5, 0.6) is 17.5 Å². The normalized spacial score (nSPS) is 10.0. The number of carbonyl (C=O) groups is 1. The number of hydrogen-bond acceptors (Lipinski definition) is 6. The van der Waals surface area contributed by atoms with E-state index in [9.17, 15) is 20.1 Å². The summed E-state index contributed by atoms with van der Waals surface area (Å²) < 4.78 is 0.602. The molecule has 0 saturated carbocycles. The summed E-state index contributed by atoms with van der Waals surface area (Å²) in [5.74, 6) is -1.64. The lowest BCUT2D eigenvalue weighted by atomic mass is 10.1. The van der Waals surface area contributed by atoms with E-state index in [1.165, 1.54) is 24.3 Å². The van der Waals surface area contributed by atoms with Crippen LogP contribution >= 0.6 is 0 Å². The molecule has 3 N–H and O–H groups in total. The first-order chi connectivity index (χ1) is 10.5. The SMILES string of the molecule is [N-]=[N+]=Nc1cc(CCC(=O)On2c(O)ccc2O)ccc1O. The average molecular weight is 304 g/mol. The van der Waals surface area contributed by atoms with Gasteiger partial charge in [0.1, 0.15) is 5.75 Å². The number of benzene rings is 1. The van der Waals surface area contributed by atoms with Crippen molar-refractivity contribution in [1.29, 1.82) is 0 Å². The molecular formula is C13H12N4O5. The Morgan fingerprint density at radius 1 is 1.23 bits per heavy atom. The number of aromatic hydroxyl groups is 3. The summed E-state index contributed by atoms with van der Waals surface area (Å²) >= 11 is 0. The van der Waals surface area contributed by atoms with Crippen molar-refractivity contribution < 1.29 is 25.0 Å². The van der Waals surface area contributed by atoms with Crippen molar-refractivity contribution in [3.8, 4) is 17.5 Å². The lowest BCUT2D eigenvalue weighted by Gasteiger charge is -2.07. The Bertz CT molecular complexity index is 729. The maximum atomic E-state index is 11.7. The summed E-state index contributed by atoms with van der Waals surface area (Å²) in [4.78, 5) is 19.0. The van der Waals surface area contributed by atoms with Gasteiger partial charge < -0.3 is 20.2 Å². The molecule has 0 amide bonds. The van der Waals surface area contributed by atoms with Crippen LogP contribution in [0.25, 0.3) is 10.4 Å². The zero-order chi connectivity index (χ0) is 16.1. The van der Waals surface area contributed by atoms with E-state index >= 15 is 0 Å². The maximum Gasteiger partial charge on any atom is 0.333 e. The van der Waals surface area contributed by atoms with E-state index in [0.29, 0.717) is 10.3 Å². The molecular weight excluding hydrogens is 292 g/mol. The van der Waals surface area contributed by atoms with E-state index in [1.54, 1.807) is 6.07 Å². The molecule has 9 heteroatoms. The van der Waals surface area contributed by atoms with Gasteiger partial charge >= 0.3 is 5.97 Å². The number of phenolic OH excluding ortho intramolecular Hbond substituents is 1. The van der Waals surface area contributed by atoms with Crippen LogP contribution < -0.4 is 4.84 Å². The Labute approximate surface area is 124 Å². The Hall–Kier alpha value is -3.32. The Morgan fingerprint density at radius 3 is 2.55 bits per heavy atom. The fourth-order valence-corrected chi connectivity index (χ4v) is 1.74. The summed E-state index contributed by atoms with van der Waals surface area (Å²) in [6, 6.07) is 6.73. The number of hydrogen-bond donors (Lipinski definition) is 3. The number of aromatic nitrogens is 1. The summed E-state index contributed by atoms with van der Waals surface area (Å²) in [7, 11) is 0. The molecule has 0 bridgehead atoms. The first-order valence-corrected chi connectivity index (χ1v) is 6.19. The van der Waals surface area contributed by atoms with Crippen molar-refractivity contribution in [3.63, 3.8) is 0 Å². The highest BCUT2D eigenvalue weighted by molar-refractivity contribution is 5.70. The van der Waals surface area contributed by atoms with Crippen LogP contribution in [0.15, 0.2) is 35.4 Å². The number of phenols is 1. The van der Waals surface area contributed by atoms with Gasteiger partial charge in [-0.05, 0) is 29.6 Å². The minimum absolute atomic E-state index is 0.0441. The highest BCUT2D eigenvalue weighted by Gasteiger charge is 2.12. The molecule has 114 valence electrons. The third kappa shape index (κ3) is 3.41. The molecule has 0 radical (unpaired) electrons. The van der Waals surface area contributed by atoms with Gasteiger partial charge in [0.05, 0.1) is 12.1 Å². The van der Waals surface area contributed by atoms with Crippen molar-refractivity contribution in [2.45, 2.75) is 12.8 Å². The predicted molar refractivity (Wildman–Crippen MR) is 74.6 cm³/mol. The molecule has 22 heavy (non-hydrogen) atoms. The summed E-state index contributed by atoms with van der Waals surface area (Å²) in [5.41, 5.74) is 9.09. The van der Waals surface area contributed by atoms with Crippen molar-refractivity contribution in [2.75, 3.05) is 0 Å². The maximum absolute atomic E-state index is 11.7. The summed E-state index contributed by atoms with van der Waals surface area (Å²) in [6.07, 6.45) is 0.216. The fourth-order valence-electron chi connectivity index (χ4n) is 1.74. The van der Waals surface area contributed by atoms with Crippen LogP contribution in [0.2, 0.25) is 0 Å². The molecule has 0 unspecified atom stereocenters. The average Bonchev–Trinajstić information content (AvgIpc) is 2.80. The van der Waals surface area contributed by atoms with Gasteiger partial charge in [0.15, 0.2) is 0 Å². The third-order valence-electron chi connectivity index (χ3n) is 2.80. The second kappa shape index (κ2) is 6.42. The first kappa shape index (κ1) is 15.1. The van der Waals surface area contributed by atoms with E-state index < -0.39 is 17.7 Å². The number of rotatable bonds is 5. The Morgan fingerprint density at radius 2 is 1.91 bits per heavy atom. The van der Waals surface area contributed by atoms with E-state index in [1.807, 2.05) is 0 Å². The van der Waals surface area contributed by atoms with Gasteiger partial charge in [0.25, 0.3) is 0 Å². The standard InChI is InChI=1S/C13H12N4O5/c14-16-15-9-7-8(1-3-10(9)18)2-6-13(21)22-17-11(19)4-5-12(17)20/h1,3-5,7,18-20H,2,6H2. The molecule has 9 nitrogen and oxygen atoms in total. The third-order valence-corrected chi connectivity index (χ3v) is 2.80. The van der Waals surface area contributed by atoms with Crippen molar-refractivity contribution in [3.05, 3.63) is 46.3 Å². The van der Waals surface area contributed by atoms with Crippen LogP contribution in [0, 0.1) is 0 Å². The van der Waals surface area contributed by atoms with Gasteiger partial charge in [-0.3, -0.25) is 0 Å². The number of azide groups is 1.